The number of aromatic nitrogens is 2. The Bertz CT molecular complexity index is 845. The molecule has 0 aliphatic carbocycles. The molecule has 2 atom stereocenters. The number of hydrogen-bond donors (Lipinski definition) is 0. The van der Waals surface area contributed by atoms with Crippen molar-refractivity contribution in [3.8, 4) is 23.3 Å². The van der Waals surface area contributed by atoms with Gasteiger partial charge in [0.2, 0.25) is 5.88 Å². The van der Waals surface area contributed by atoms with E-state index in [-0.39, 0.29) is 6.04 Å². The molecule has 0 radical (unpaired) electrons. The van der Waals surface area contributed by atoms with Gasteiger partial charge in [0, 0.05) is 36.3 Å². The number of ether oxygens (including phenoxy) is 4. The molecule has 1 fully saturated rings. The molecule has 2 aliphatic heterocycles. The molecule has 2 aromatic heterocycles. The third kappa shape index (κ3) is 4.72. The fourth-order valence-corrected chi connectivity index (χ4v) is 3.96. The molecule has 1 unspecified atom stereocenters. The Labute approximate surface area is 172 Å². The van der Waals surface area contributed by atoms with Gasteiger partial charge in [-0.1, -0.05) is 0 Å². The van der Waals surface area contributed by atoms with Crippen LogP contribution in [0.1, 0.15) is 37.2 Å². The molecule has 2 aromatic rings. The van der Waals surface area contributed by atoms with Gasteiger partial charge in [-0.3, -0.25) is 4.90 Å². The number of rotatable bonds is 6. The summed E-state index contributed by atoms with van der Waals surface area (Å²) in [6.07, 6.45) is 2.32. The van der Waals surface area contributed by atoms with E-state index in [4.69, 9.17) is 23.9 Å². The fraction of sp³-hybridized carbons (Fsp3) is 0.545. The average Bonchev–Trinajstić information content (AvgIpc) is 2.76. The number of pyridine rings is 2. The number of aryl methyl sites for hydroxylation is 1. The molecule has 0 bridgehead atoms. The zero-order chi connectivity index (χ0) is 20.2. The molecule has 156 valence electrons. The minimum atomic E-state index is 0.219. The molecule has 29 heavy (non-hydrogen) atoms. The van der Waals surface area contributed by atoms with Crippen LogP contribution in [0.15, 0.2) is 24.3 Å². The third-order valence-corrected chi connectivity index (χ3v) is 5.55. The fourth-order valence-electron chi connectivity index (χ4n) is 3.96. The van der Waals surface area contributed by atoms with Crippen molar-refractivity contribution in [2.75, 3.05) is 40.0 Å². The molecule has 2 aliphatic rings. The number of methoxy groups -OCH3 is 1. The Balaban J connectivity index is 1.37. The lowest BCUT2D eigenvalue weighted by atomic mass is 9.97. The van der Waals surface area contributed by atoms with Gasteiger partial charge in [-0.2, -0.15) is 0 Å². The summed E-state index contributed by atoms with van der Waals surface area (Å²) in [5.41, 5.74) is 1.91. The summed E-state index contributed by atoms with van der Waals surface area (Å²) < 4.78 is 22.6. The molecular formula is C22H29N3O4. The number of hydrogen-bond acceptors (Lipinski definition) is 7. The maximum absolute atomic E-state index is 6.08. The standard InChI is InChI=1S/C22H29N3O4/c1-15-11-18(12-21(23-15)26-3)29-14-17-5-4-8-25(13-17)16(2)19-6-7-20-22(24-19)28-10-9-27-20/h6-7,11-12,16-17H,4-5,8-10,13-14H2,1-3H3/t16-,17?/m1/s1. The largest absolute Gasteiger partial charge is 0.493 e. The lowest BCUT2D eigenvalue weighted by Gasteiger charge is -2.36. The van der Waals surface area contributed by atoms with Crippen LogP contribution in [-0.2, 0) is 0 Å². The number of nitrogens with zero attached hydrogens (tertiary/aromatic N) is 3. The van der Waals surface area contributed by atoms with E-state index < -0.39 is 0 Å². The number of likely N-dealkylation sites (tertiary alicyclic amines) is 1. The highest BCUT2D eigenvalue weighted by molar-refractivity contribution is 5.36. The van der Waals surface area contributed by atoms with E-state index in [2.05, 4.69) is 16.8 Å². The van der Waals surface area contributed by atoms with Crippen LogP contribution >= 0.6 is 0 Å². The molecule has 0 saturated carbocycles. The van der Waals surface area contributed by atoms with Gasteiger partial charge in [0.05, 0.1) is 19.4 Å². The zero-order valence-electron chi connectivity index (χ0n) is 17.4. The third-order valence-electron chi connectivity index (χ3n) is 5.55. The van der Waals surface area contributed by atoms with Crippen LogP contribution in [0, 0.1) is 12.8 Å². The highest BCUT2D eigenvalue weighted by Gasteiger charge is 2.26. The van der Waals surface area contributed by atoms with Crippen LogP contribution in [0.2, 0.25) is 0 Å². The van der Waals surface area contributed by atoms with Crippen LogP contribution in [-0.4, -0.2) is 54.9 Å². The topological polar surface area (TPSA) is 65.9 Å². The highest BCUT2D eigenvalue weighted by Crippen LogP contribution is 2.32. The molecule has 0 N–H and O–H groups in total. The first kappa shape index (κ1) is 19.8. The minimum Gasteiger partial charge on any atom is -0.493 e. The van der Waals surface area contributed by atoms with Crippen molar-refractivity contribution in [2.24, 2.45) is 5.92 Å². The molecule has 0 aromatic carbocycles. The Morgan fingerprint density at radius 3 is 2.93 bits per heavy atom. The van der Waals surface area contributed by atoms with Crippen molar-refractivity contribution >= 4 is 0 Å². The highest BCUT2D eigenvalue weighted by atomic mass is 16.6. The molecule has 0 amide bonds. The van der Waals surface area contributed by atoms with Crippen molar-refractivity contribution < 1.29 is 18.9 Å². The van der Waals surface area contributed by atoms with E-state index in [1.54, 1.807) is 7.11 Å². The van der Waals surface area contributed by atoms with E-state index in [1.807, 2.05) is 31.2 Å². The van der Waals surface area contributed by atoms with Crippen LogP contribution < -0.4 is 18.9 Å². The van der Waals surface area contributed by atoms with Gasteiger partial charge in [-0.25, -0.2) is 9.97 Å². The smallest absolute Gasteiger partial charge is 0.257 e. The van der Waals surface area contributed by atoms with E-state index >= 15 is 0 Å². The lowest BCUT2D eigenvalue weighted by molar-refractivity contribution is 0.0980. The monoisotopic (exact) mass is 399 g/mol. The van der Waals surface area contributed by atoms with Gasteiger partial charge in [-0.15, -0.1) is 0 Å². The predicted molar refractivity (Wildman–Crippen MR) is 109 cm³/mol. The van der Waals surface area contributed by atoms with Crippen LogP contribution in [0.3, 0.4) is 0 Å². The van der Waals surface area contributed by atoms with Crippen LogP contribution in [0.4, 0.5) is 0 Å². The summed E-state index contributed by atoms with van der Waals surface area (Å²) >= 11 is 0. The summed E-state index contributed by atoms with van der Waals surface area (Å²) in [7, 11) is 1.62. The molecule has 7 heteroatoms. The summed E-state index contributed by atoms with van der Waals surface area (Å²) in [6.45, 7) is 8.03. The first-order chi connectivity index (χ1) is 14.1. The quantitative estimate of drug-likeness (QED) is 0.737. The summed E-state index contributed by atoms with van der Waals surface area (Å²) in [4.78, 5) is 11.5. The van der Waals surface area contributed by atoms with E-state index in [0.717, 1.165) is 42.4 Å². The van der Waals surface area contributed by atoms with Gasteiger partial charge in [-0.05, 0) is 45.4 Å². The first-order valence-electron chi connectivity index (χ1n) is 10.3. The van der Waals surface area contributed by atoms with Gasteiger partial charge >= 0.3 is 0 Å². The van der Waals surface area contributed by atoms with Gasteiger partial charge in [0.1, 0.15) is 19.0 Å². The molecule has 1 saturated heterocycles. The van der Waals surface area contributed by atoms with Crippen molar-refractivity contribution in [2.45, 2.75) is 32.7 Å². The Morgan fingerprint density at radius 2 is 2.07 bits per heavy atom. The summed E-state index contributed by atoms with van der Waals surface area (Å²) in [6, 6.07) is 8.03. The molecule has 7 nitrogen and oxygen atoms in total. The molecular weight excluding hydrogens is 370 g/mol. The second-order valence-electron chi connectivity index (χ2n) is 7.71. The Kier molecular flexibility index (Phi) is 6.04. The van der Waals surface area contributed by atoms with E-state index in [9.17, 15) is 0 Å². The zero-order valence-corrected chi connectivity index (χ0v) is 17.4. The van der Waals surface area contributed by atoms with Crippen LogP contribution in [0.5, 0.6) is 23.3 Å². The molecule has 0 spiro atoms. The minimum absolute atomic E-state index is 0.219. The van der Waals surface area contributed by atoms with Crippen molar-refractivity contribution in [1.29, 1.82) is 0 Å². The van der Waals surface area contributed by atoms with Gasteiger partial charge in [0.15, 0.2) is 5.75 Å². The lowest BCUT2D eigenvalue weighted by Crippen LogP contribution is -2.39. The number of piperidine rings is 1. The predicted octanol–water partition coefficient (Wildman–Crippen LogP) is 3.42. The van der Waals surface area contributed by atoms with Crippen molar-refractivity contribution in [3.63, 3.8) is 0 Å². The Hall–Kier alpha value is -2.54. The first-order valence-corrected chi connectivity index (χ1v) is 10.3. The van der Waals surface area contributed by atoms with Gasteiger partial charge in [0.25, 0.3) is 5.88 Å². The second-order valence-corrected chi connectivity index (χ2v) is 7.71. The van der Waals surface area contributed by atoms with E-state index in [0.29, 0.717) is 37.5 Å². The Morgan fingerprint density at radius 1 is 1.21 bits per heavy atom. The second kappa shape index (κ2) is 8.86. The molecule has 4 rings (SSSR count). The normalized spacial score (nSPS) is 20.2. The maximum atomic E-state index is 6.08. The van der Waals surface area contributed by atoms with E-state index in [1.165, 1.54) is 6.42 Å². The summed E-state index contributed by atoms with van der Waals surface area (Å²) in [5, 5.41) is 0. The van der Waals surface area contributed by atoms with Crippen molar-refractivity contribution in [1.82, 2.24) is 14.9 Å². The summed E-state index contributed by atoms with van der Waals surface area (Å²) in [5.74, 6) is 3.22. The van der Waals surface area contributed by atoms with Crippen molar-refractivity contribution in [3.05, 3.63) is 35.7 Å². The molecule has 4 heterocycles. The maximum Gasteiger partial charge on any atom is 0.257 e. The van der Waals surface area contributed by atoms with Crippen LogP contribution in [0.25, 0.3) is 0 Å². The number of fused-ring (bicyclic) bond motifs is 1. The van der Waals surface area contributed by atoms with Gasteiger partial charge < -0.3 is 18.9 Å². The average molecular weight is 399 g/mol. The SMILES string of the molecule is COc1cc(OCC2CCCN([C@H](C)c3ccc4c(n3)OCCO4)C2)cc(C)n1.